The van der Waals surface area contributed by atoms with Gasteiger partial charge in [-0.1, -0.05) is 24.3 Å². The van der Waals surface area contributed by atoms with Gasteiger partial charge in [0.15, 0.2) is 0 Å². The lowest BCUT2D eigenvalue weighted by atomic mass is 10.1. The molecular weight excluding hydrogens is 402 g/mol. The van der Waals surface area contributed by atoms with Crippen molar-refractivity contribution in [3.05, 3.63) is 65.2 Å². The highest BCUT2D eigenvalue weighted by Crippen LogP contribution is 2.30. The van der Waals surface area contributed by atoms with Crippen LogP contribution in [0.1, 0.15) is 47.3 Å². The average Bonchev–Trinajstić information content (AvgIpc) is 3.53. The van der Waals surface area contributed by atoms with Crippen molar-refractivity contribution in [3.8, 4) is 0 Å². The van der Waals surface area contributed by atoms with Gasteiger partial charge in [0.25, 0.3) is 5.91 Å². The second-order valence-corrected chi connectivity index (χ2v) is 9.53. The van der Waals surface area contributed by atoms with E-state index in [9.17, 15) is 18.0 Å². The lowest BCUT2D eigenvalue weighted by Crippen LogP contribution is -2.26. The van der Waals surface area contributed by atoms with Crippen molar-refractivity contribution in [2.75, 3.05) is 18.1 Å². The molecule has 3 rings (SSSR count). The second-order valence-electron chi connectivity index (χ2n) is 7.69. The molecule has 0 saturated heterocycles. The number of carbonyl (C=O) groups excluding carboxylic acids is 2. The highest BCUT2D eigenvalue weighted by Gasteiger charge is 2.29. The summed E-state index contributed by atoms with van der Waals surface area (Å²) in [6.45, 7) is 2.22. The lowest BCUT2D eigenvalue weighted by molar-refractivity contribution is -0.117. The summed E-state index contributed by atoms with van der Waals surface area (Å²) in [5.41, 5.74) is 3.18. The molecule has 1 saturated carbocycles. The molecule has 0 radical (unpaired) electrons. The van der Waals surface area contributed by atoms with Crippen molar-refractivity contribution in [3.63, 3.8) is 0 Å². The minimum absolute atomic E-state index is 0.0691. The van der Waals surface area contributed by atoms with Crippen LogP contribution in [0.15, 0.2) is 48.5 Å². The molecule has 1 aliphatic carbocycles. The number of rotatable bonds is 9. The van der Waals surface area contributed by atoms with Gasteiger partial charge in [-0.2, -0.15) is 0 Å². The van der Waals surface area contributed by atoms with Gasteiger partial charge in [0, 0.05) is 23.7 Å². The number of amides is 2. The molecule has 3 N–H and O–H groups in total. The third-order valence-electron chi connectivity index (χ3n) is 4.97. The zero-order chi connectivity index (χ0) is 21.7. The number of benzene rings is 2. The quantitative estimate of drug-likeness (QED) is 0.570. The summed E-state index contributed by atoms with van der Waals surface area (Å²) >= 11 is 0. The molecule has 1 aliphatic rings. The van der Waals surface area contributed by atoms with Crippen LogP contribution in [0.5, 0.6) is 0 Å². The van der Waals surface area contributed by atoms with E-state index in [0.717, 1.165) is 35.9 Å². The second kappa shape index (κ2) is 9.40. The van der Waals surface area contributed by atoms with E-state index in [2.05, 4.69) is 15.4 Å². The SMILES string of the molecule is CC(NC(=O)c1ccc(CCNS(C)(=O)=O)cc1)c1ccc(NC(=O)C2CC2)cc1. The summed E-state index contributed by atoms with van der Waals surface area (Å²) in [5.74, 6) is 0.0410. The van der Waals surface area contributed by atoms with Crippen molar-refractivity contribution < 1.29 is 18.0 Å². The van der Waals surface area contributed by atoms with E-state index < -0.39 is 10.0 Å². The predicted octanol–water partition coefficient (Wildman–Crippen LogP) is 2.62. The Balaban J connectivity index is 1.51. The Labute approximate surface area is 177 Å². The first-order valence-electron chi connectivity index (χ1n) is 9.96. The molecule has 0 aliphatic heterocycles. The van der Waals surface area contributed by atoms with Gasteiger partial charge in [0.2, 0.25) is 15.9 Å². The lowest BCUT2D eigenvalue weighted by Gasteiger charge is -2.15. The van der Waals surface area contributed by atoms with Crippen LogP contribution in [0.25, 0.3) is 0 Å². The van der Waals surface area contributed by atoms with Gasteiger partial charge >= 0.3 is 0 Å². The predicted molar refractivity (Wildman–Crippen MR) is 117 cm³/mol. The normalized spacial score (nSPS) is 14.7. The largest absolute Gasteiger partial charge is 0.346 e. The van der Waals surface area contributed by atoms with Gasteiger partial charge in [-0.05, 0) is 61.6 Å². The minimum Gasteiger partial charge on any atom is -0.346 e. The highest BCUT2D eigenvalue weighted by atomic mass is 32.2. The smallest absolute Gasteiger partial charge is 0.251 e. The molecule has 2 amide bonds. The van der Waals surface area contributed by atoms with E-state index in [1.54, 1.807) is 12.1 Å². The molecule has 8 heteroatoms. The van der Waals surface area contributed by atoms with Crippen LogP contribution in [0.2, 0.25) is 0 Å². The number of sulfonamides is 1. The van der Waals surface area contributed by atoms with E-state index >= 15 is 0 Å². The van der Waals surface area contributed by atoms with Gasteiger partial charge in [0.05, 0.1) is 12.3 Å². The zero-order valence-electron chi connectivity index (χ0n) is 17.1. The molecule has 0 bridgehead atoms. The Hall–Kier alpha value is -2.71. The standard InChI is InChI=1S/C22H27N3O4S/c1-15(17-9-11-20(12-10-17)25-22(27)19-7-8-19)24-21(26)18-5-3-16(4-6-18)13-14-23-30(2,28)29/h3-6,9-12,15,19,23H,7-8,13-14H2,1-2H3,(H,24,26)(H,25,27). The molecule has 1 atom stereocenters. The maximum atomic E-state index is 12.5. The van der Waals surface area contributed by atoms with Gasteiger partial charge in [0.1, 0.15) is 0 Å². The van der Waals surface area contributed by atoms with Crippen molar-refractivity contribution in [1.29, 1.82) is 0 Å². The first-order chi connectivity index (χ1) is 14.2. The van der Waals surface area contributed by atoms with E-state index in [0.29, 0.717) is 18.5 Å². The fraction of sp³-hybridized carbons (Fsp3) is 0.364. The first-order valence-corrected chi connectivity index (χ1v) is 11.9. The van der Waals surface area contributed by atoms with Crippen LogP contribution < -0.4 is 15.4 Å². The number of hydrogen-bond acceptors (Lipinski definition) is 4. The Morgan fingerprint density at radius 2 is 1.67 bits per heavy atom. The van der Waals surface area contributed by atoms with Crippen LogP contribution in [-0.2, 0) is 21.2 Å². The monoisotopic (exact) mass is 429 g/mol. The highest BCUT2D eigenvalue weighted by molar-refractivity contribution is 7.88. The molecule has 7 nitrogen and oxygen atoms in total. The van der Waals surface area contributed by atoms with E-state index in [1.165, 1.54) is 0 Å². The molecule has 1 unspecified atom stereocenters. The van der Waals surface area contributed by atoms with Crippen LogP contribution in [0.4, 0.5) is 5.69 Å². The summed E-state index contributed by atoms with van der Waals surface area (Å²) in [7, 11) is -3.20. The van der Waals surface area contributed by atoms with Gasteiger partial charge in [-0.15, -0.1) is 0 Å². The molecule has 0 aromatic heterocycles. The molecule has 30 heavy (non-hydrogen) atoms. The summed E-state index contributed by atoms with van der Waals surface area (Å²) < 4.78 is 24.6. The number of carbonyl (C=O) groups is 2. The van der Waals surface area contributed by atoms with E-state index in [4.69, 9.17) is 0 Å². The number of anilines is 1. The van der Waals surface area contributed by atoms with E-state index in [-0.39, 0.29) is 23.8 Å². The third kappa shape index (κ3) is 6.67. The summed E-state index contributed by atoms with van der Waals surface area (Å²) in [6, 6.07) is 14.4. The Bertz CT molecular complexity index is 998. The topological polar surface area (TPSA) is 104 Å². The number of nitrogens with one attached hydrogen (secondary N) is 3. The Morgan fingerprint density at radius 3 is 2.23 bits per heavy atom. The third-order valence-corrected chi connectivity index (χ3v) is 5.70. The summed E-state index contributed by atoms with van der Waals surface area (Å²) in [6.07, 6.45) is 3.60. The van der Waals surface area contributed by atoms with E-state index in [1.807, 2.05) is 43.3 Å². The minimum atomic E-state index is -3.20. The molecule has 160 valence electrons. The van der Waals surface area contributed by atoms with Crippen LogP contribution in [0.3, 0.4) is 0 Å². The molecule has 0 heterocycles. The summed E-state index contributed by atoms with van der Waals surface area (Å²) in [5, 5.41) is 5.87. The maximum Gasteiger partial charge on any atom is 0.251 e. The Morgan fingerprint density at radius 1 is 1.03 bits per heavy atom. The fourth-order valence-corrected chi connectivity index (χ4v) is 3.48. The number of hydrogen-bond donors (Lipinski definition) is 3. The molecule has 2 aromatic rings. The van der Waals surface area contributed by atoms with Crippen molar-refractivity contribution in [2.45, 2.75) is 32.2 Å². The van der Waals surface area contributed by atoms with Crippen molar-refractivity contribution >= 4 is 27.5 Å². The molecule has 1 fully saturated rings. The Kier molecular flexibility index (Phi) is 6.89. The maximum absolute atomic E-state index is 12.5. The fourth-order valence-electron chi connectivity index (χ4n) is 3.01. The summed E-state index contributed by atoms with van der Waals surface area (Å²) in [4.78, 5) is 24.3. The molecule has 0 spiro atoms. The first kappa shape index (κ1) is 22.0. The van der Waals surface area contributed by atoms with Gasteiger partial charge < -0.3 is 10.6 Å². The van der Waals surface area contributed by atoms with Crippen LogP contribution in [0, 0.1) is 5.92 Å². The van der Waals surface area contributed by atoms with Gasteiger partial charge in [-0.3, -0.25) is 9.59 Å². The van der Waals surface area contributed by atoms with Crippen molar-refractivity contribution in [1.82, 2.24) is 10.0 Å². The van der Waals surface area contributed by atoms with Crippen molar-refractivity contribution in [2.24, 2.45) is 5.92 Å². The molecular formula is C22H27N3O4S. The van der Waals surface area contributed by atoms with Gasteiger partial charge in [-0.25, -0.2) is 13.1 Å². The zero-order valence-corrected chi connectivity index (χ0v) is 18.0. The average molecular weight is 430 g/mol. The van der Waals surface area contributed by atoms with Crippen LogP contribution >= 0.6 is 0 Å². The molecule has 2 aromatic carbocycles. The van der Waals surface area contributed by atoms with Crippen LogP contribution in [-0.4, -0.2) is 33.0 Å².